The second-order valence-corrected chi connectivity index (χ2v) is 8.00. The molecule has 4 heteroatoms. The molecular weight excluding hydrogens is 327 g/mol. The molecule has 1 aliphatic carbocycles. The average Bonchev–Trinajstić information content (AvgIpc) is 3.40. The molecule has 0 aromatic heterocycles. The van der Waals surface area contributed by atoms with Crippen LogP contribution in [0, 0.1) is 11.7 Å². The molecule has 1 amide bonds. The maximum Gasteiger partial charge on any atom is 0.243 e. The van der Waals surface area contributed by atoms with Crippen molar-refractivity contribution >= 4 is 11.6 Å². The first-order valence-electron chi connectivity index (χ1n) is 8.96. The van der Waals surface area contributed by atoms with Crippen LogP contribution in [0.3, 0.4) is 0 Å². The van der Waals surface area contributed by atoms with Gasteiger partial charge in [-0.3, -0.25) is 4.79 Å². The molecule has 0 heterocycles. The highest BCUT2D eigenvalue weighted by Crippen LogP contribution is 2.47. The van der Waals surface area contributed by atoms with Crippen molar-refractivity contribution in [3.8, 4) is 0 Å². The fraction of sp³-hybridized carbons (Fsp3) is 0.364. The summed E-state index contributed by atoms with van der Waals surface area (Å²) in [5, 5.41) is 4.15. The summed E-state index contributed by atoms with van der Waals surface area (Å²) in [7, 11) is 0. The minimum Gasteiger partial charge on any atom is -0.273 e. The van der Waals surface area contributed by atoms with Gasteiger partial charge in [-0.25, -0.2) is 9.82 Å². The van der Waals surface area contributed by atoms with E-state index in [0.29, 0.717) is 5.71 Å². The van der Waals surface area contributed by atoms with Gasteiger partial charge in [0, 0.05) is 5.92 Å². The Bertz CT molecular complexity index is 817. The van der Waals surface area contributed by atoms with Crippen LogP contribution in [0.15, 0.2) is 53.6 Å². The largest absolute Gasteiger partial charge is 0.273 e. The molecule has 0 unspecified atom stereocenters. The molecule has 2 atom stereocenters. The highest BCUT2D eigenvalue weighted by molar-refractivity contribution is 5.99. The average molecular weight is 352 g/mol. The van der Waals surface area contributed by atoms with Crippen LogP contribution in [0.25, 0.3) is 0 Å². The van der Waals surface area contributed by atoms with Crippen molar-refractivity contribution in [1.29, 1.82) is 0 Å². The van der Waals surface area contributed by atoms with Gasteiger partial charge in [0.05, 0.1) is 5.71 Å². The quantitative estimate of drug-likeness (QED) is 0.625. The Morgan fingerprint density at radius 1 is 1.08 bits per heavy atom. The smallest absolute Gasteiger partial charge is 0.243 e. The standard InChI is InChI=1S/C22H25FN2O/c1-14(15-7-11-18(23)12-8-15)24-25-21(26)20-13-19(20)16-5-9-17(10-6-16)22(2,3)4/h5-12,19-20H,13H2,1-4H3,(H,25,26)/b24-14+/t19-,20+/m1/s1. The molecule has 3 rings (SSSR count). The lowest BCUT2D eigenvalue weighted by Crippen LogP contribution is -2.21. The number of benzene rings is 2. The Kier molecular flexibility index (Phi) is 4.94. The predicted octanol–water partition coefficient (Wildman–Crippen LogP) is 4.77. The fourth-order valence-corrected chi connectivity index (χ4v) is 3.06. The fourth-order valence-electron chi connectivity index (χ4n) is 3.06. The Morgan fingerprint density at radius 2 is 1.69 bits per heavy atom. The molecule has 0 saturated heterocycles. The van der Waals surface area contributed by atoms with Crippen LogP contribution in [-0.2, 0) is 10.2 Å². The van der Waals surface area contributed by atoms with Crippen molar-refractivity contribution in [1.82, 2.24) is 5.43 Å². The monoisotopic (exact) mass is 352 g/mol. The van der Waals surface area contributed by atoms with Gasteiger partial charge >= 0.3 is 0 Å². The summed E-state index contributed by atoms with van der Waals surface area (Å²) < 4.78 is 13.0. The zero-order valence-corrected chi connectivity index (χ0v) is 15.7. The minimum absolute atomic E-state index is 0.0275. The van der Waals surface area contributed by atoms with Crippen LogP contribution in [0.4, 0.5) is 4.39 Å². The molecule has 1 N–H and O–H groups in total. The summed E-state index contributed by atoms with van der Waals surface area (Å²) in [6.07, 6.45) is 0.853. The van der Waals surface area contributed by atoms with Gasteiger partial charge in [0.2, 0.25) is 5.91 Å². The molecule has 0 bridgehead atoms. The lowest BCUT2D eigenvalue weighted by atomic mass is 9.86. The van der Waals surface area contributed by atoms with Gasteiger partial charge < -0.3 is 0 Å². The number of hydrogen-bond acceptors (Lipinski definition) is 2. The number of hydrazone groups is 1. The number of rotatable bonds is 4. The van der Waals surface area contributed by atoms with Crippen LogP contribution in [0.2, 0.25) is 0 Å². The molecule has 3 nitrogen and oxygen atoms in total. The van der Waals surface area contributed by atoms with Crippen molar-refractivity contribution in [2.24, 2.45) is 11.0 Å². The first-order valence-corrected chi connectivity index (χ1v) is 8.96. The number of hydrogen-bond donors (Lipinski definition) is 1. The Labute approximate surface area is 154 Å². The molecule has 2 aromatic rings. The van der Waals surface area contributed by atoms with Crippen LogP contribution >= 0.6 is 0 Å². The minimum atomic E-state index is -0.288. The number of nitrogens with zero attached hydrogens (tertiary/aromatic N) is 1. The van der Waals surface area contributed by atoms with Gasteiger partial charge in [-0.2, -0.15) is 5.10 Å². The van der Waals surface area contributed by atoms with Crippen molar-refractivity contribution in [2.75, 3.05) is 0 Å². The van der Waals surface area contributed by atoms with E-state index in [-0.39, 0.29) is 29.0 Å². The van der Waals surface area contributed by atoms with Crippen molar-refractivity contribution < 1.29 is 9.18 Å². The molecule has 1 aliphatic rings. The van der Waals surface area contributed by atoms with Gasteiger partial charge in [0.1, 0.15) is 5.82 Å². The zero-order chi connectivity index (χ0) is 18.9. The lowest BCUT2D eigenvalue weighted by molar-refractivity contribution is -0.122. The van der Waals surface area contributed by atoms with Crippen LogP contribution < -0.4 is 5.43 Å². The van der Waals surface area contributed by atoms with Crippen molar-refractivity contribution in [2.45, 2.75) is 45.4 Å². The second kappa shape index (κ2) is 7.02. The molecule has 1 saturated carbocycles. The Hall–Kier alpha value is -2.49. The summed E-state index contributed by atoms with van der Waals surface area (Å²) in [6.45, 7) is 8.37. The van der Waals surface area contributed by atoms with Crippen LogP contribution in [-0.4, -0.2) is 11.6 Å². The lowest BCUT2D eigenvalue weighted by Gasteiger charge is -2.19. The highest BCUT2D eigenvalue weighted by Gasteiger charge is 2.44. The van der Waals surface area contributed by atoms with Gasteiger partial charge in [-0.1, -0.05) is 57.2 Å². The van der Waals surface area contributed by atoms with Crippen molar-refractivity contribution in [3.63, 3.8) is 0 Å². The molecule has 2 aromatic carbocycles. The van der Waals surface area contributed by atoms with E-state index in [1.54, 1.807) is 19.1 Å². The van der Waals surface area contributed by atoms with Crippen molar-refractivity contribution in [3.05, 3.63) is 71.0 Å². The third-order valence-corrected chi connectivity index (χ3v) is 4.93. The molecule has 136 valence electrons. The normalized spacial score (nSPS) is 20.0. The van der Waals surface area contributed by atoms with Crippen LogP contribution in [0.1, 0.15) is 56.7 Å². The third-order valence-electron chi connectivity index (χ3n) is 4.93. The summed E-state index contributed by atoms with van der Waals surface area (Å²) in [4.78, 5) is 12.3. The number of amides is 1. The van der Waals surface area contributed by atoms with Crippen LogP contribution in [0.5, 0.6) is 0 Å². The first kappa shape index (κ1) is 18.3. The maximum absolute atomic E-state index is 13.0. The van der Waals surface area contributed by atoms with E-state index < -0.39 is 0 Å². The summed E-state index contributed by atoms with van der Waals surface area (Å²) in [5.74, 6) is -0.106. The van der Waals surface area contributed by atoms with Gasteiger partial charge in [0.15, 0.2) is 0 Å². The van der Waals surface area contributed by atoms with E-state index in [4.69, 9.17) is 0 Å². The number of carbonyl (C=O) groups excluding carboxylic acids is 1. The Morgan fingerprint density at radius 3 is 2.27 bits per heavy atom. The molecule has 0 radical (unpaired) electrons. The molecule has 0 spiro atoms. The Balaban J connectivity index is 1.59. The van der Waals surface area contributed by atoms with Gasteiger partial charge in [0.25, 0.3) is 0 Å². The zero-order valence-electron chi connectivity index (χ0n) is 15.7. The number of halogens is 1. The second-order valence-electron chi connectivity index (χ2n) is 8.00. The number of carbonyl (C=O) groups is 1. The van der Waals surface area contributed by atoms with Gasteiger partial charge in [-0.05, 0) is 53.5 Å². The summed E-state index contributed by atoms with van der Waals surface area (Å²) in [5.41, 5.74) is 6.72. The van der Waals surface area contributed by atoms with E-state index in [9.17, 15) is 9.18 Å². The van der Waals surface area contributed by atoms with E-state index in [0.717, 1.165) is 12.0 Å². The van der Waals surface area contributed by atoms with E-state index in [1.165, 1.54) is 23.3 Å². The maximum atomic E-state index is 13.0. The third kappa shape index (κ3) is 4.18. The van der Waals surface area contributed by atoms with Gasteiger partial charge in [-0.15, -0.1) is 0 Å². The number of nitrogens with one attached hydrogen (secondary N) is 1. The predicted molar refractivity (Wildman–Crippen MR) is 103 cm³/mol. The molecule has 0 aliphatic heterocycles. The van der Waals surface area contributed by atoms with E-state index >= 15 is 0 Å². The topological polar surface area (TPSA) is 41.5 Å². The highest BCUT2D eigenvalue weighted by atomic mass is 19.1. The summed E-state index contributed by atoms with van der Waals surface area (Å²) in [6, 6.07) is 14.6. The molecule has 1 fully saturated rings. The first-order chi connectivity index (χ1) is 12.3. The van der Waals surface area contributed by atoms with E-state index in [1.807, 2.05) is 0 Å². The molecule has 26 heavy (non-hydrogen) atoms. The molecular formula is C22H25FN2O. The SMILES string of the molecule is C/C(=N\NC(=O)[C@H]1C[C@@H]1c1ccc(C(C)(C)C)cc1)c1ccc(F)cc1. The van der Waals surface area contributed by atoms with E-state index in [2.05, 4.69) is 55.6 Å². The summed E-state index contributed by atoms with van der Waals surface area (Å²) >= 11 is 0.